The normalized spacial score (nSPS) is 19.1. The van der Waals surface area contributed by atoms with Crippen molar-refractivity contribution in [2.75, 3.05) is 24.5 Å². The number of anilines is 1. The smallest absolute Gasteiger partial charge is 0.254 e. The molecule has 3 heterocycles. The number of benzene rings is 1. The maximum atomic E-state index is 12.4. The zero-order valence-corrected chi connectivity index (χ0v) is 15.2. The van der Waals surface area contributed by atoms with E-state index < -0.39 is 0 Å². The van der Waals surface area contributed by atoms with Crippen LogP contribution in [0.4, 0.5) is 5.82 Å². The van der Waals surface area contributed by atoms with E-state index in [0.29, 0.717) is 19.5 Å². The van der Waals surface area contributed by atoms with E-state index in [1.807, 2.05) is 24.3 Å². The Morgan fingerprint density at radius 2 is 2.15 bits per heavy atom. The second-order valence-corrected chi connectivity index (χ2v) is 7.05. The van der Waals surface area contributed by atoms with Crippen molar-refractivity contribution < 1.29 is 9.59 Å². The third-order valence-corrected chi connectivity index (χ3v) is 5.17. The minimum atomic E-state index is -0.00949. The molecule has 0 spiro atoms. The number of hydrogen-bond donors (Lipinski definition) is 1. The second-order valence-electron chi connectivity index (χ2n) is 7.05. The van der Waals surface area contributed by atoms with Gasteiger partial charge in [-0.1, -0.05) is 18.2 Å². The summed E-state index contributed by atoms with van der Waals surface area (Å²) in [7, 11) is 0. The number of fused-ring (bicyclic) bond motifs is 1. The van der Waals surface area contributed by atoms with Crippen molar-refractivity contribution in [3.8, 4) is 0 Å². The quantitative estimate of drug-likeness (QED) is 0.871. The van der Waals surface area contributed by atoms with E-state index in [1.165, 1.54) is 0 Å². The lowest BCUT2D eigenvalue weighted by Crippen LogP contribution is -2.48. The van der Waals surface area contributed by atoms with Gasteiger partial charge in [-0.05, 0) is 24.5 Å². The fraction of sp³-hybridized carbons (Fsp3) is 0.400. The molecule has 0 saturated carbocycles. The van der Waals surface area contributed by atoms with Crippen molar-refractivity contribution in [1.29, 1.82) is 0 Å². The van der Waals surface area contributed by atoms with Crippen LogP contribution in [0.5, 0.6) is 0 Å². The Hall–Kier alpha value is -2.96. The molecule has 0 unspecified atom stereocenters. The summed E-state index contributed by atoms with van der Waals surface area (Å²) in [6.45, 7) is 2.69. The molecule has 0 bridgehead atoms. The van der Waals surface area contributed by atoms with E-state index in [9.17, 15) is 9.59 Å². The van der Waals surface area contributed by atoms with Crippen molar-refractivity contribution in [2.24, 2.45) is 0 Å². The van der Waals surface area contributed by atoms with Crippen LogP contribution in [0.15, 0.2) is 42.9 Å². The van der Waals surface area contributed by atoms with Crippen LogP contribution >= 0.6 is 0 Å². The van der Waals surface area contributed by atoms with Crippen molar-refractivity contribution in [3.05, 3.63) is 54.0 Å². The van der Waals surface area contributed by atoms with Gasteiger partial charge in [0.05, 0.1) is 6.20 Å². The first-order chi connectivity index (χ1) is 13.2. The molecule has 7 nitrogen and oxygen atoms in total. The van der Waals surface area contributed by atoms with Crippen LogP contribution in [0.1, 0.15) is 35.2 Å². The Morgan fingerprint density at radius 1 is 1.26 bits per heavy atom. The highest BCUT2D eigenvalue weighted by Crippen LogP contribution is 2.22. The van der Waals surface area contributed by atoms with Gasteiger partial charge in [0.2, 0.25) is 5.91 Å². The molecule has 2 aromatic rings. The van der Waals surface area contributed by atoms with E-state index in [2.05, 4.69) is 20.2 Å². The molecule has 2 amide bonds. The maximum Gasteiger partial charge on any atom is 0.254 e. The molecule has 0 radical (unpaired) electrons. The zero-order valence-electron chi connectivity index (χ0n) is 15.2. The van der Waals surface area contributed by atoms with Gasteiger partial charge in [0.15, 0.2) is 0 Å². The minimum Gasteiger partial charge on any atom is -0.353 e. The fourth-order valence-corrected chi connectivity index (χ4v) is 3.79. The van der Waals surface area contributed by atoms with Crippen LogP contribution in [0.3, 0.4) is 0 Å². The molecule has 1 aromatic carbocycles. The number of piperidine rings is 1. The van der Waals surface area contributed by atoms with Crippen LogP contribution in [0.2, 0.25) is 0 Å². The highest BCUT2D eigenvalue weighted by molar-refractivity contribution is 5.98. The van der Waals surface area contributed by atoms with Gasteiger partial charge in [0.1, 0.15) is 5.82 Å². The van der Waals surface area contributed by atoms with Crippen LogP contribution in [0, 0.1) is 0 Å². The summed E-state index contributed by atoms with van der Waals surface area (Å²) in [6.07, 6.45) is 7.37. The maximum absolute atomic E-state index is 12.4. The first-order valence-electron chi connectivity index (χ1n) is 9.38. The topological polar surface area (TPSA) is 78.4 Å². The number of hydrogen-bond acceptors (Lipinski definition) is 5. The van der Waals surface area contributed by atoms with Gasteiger partial charge >= 0.3 is 0 Å². The van der Waals surface area contributed by atoms with E-state index in [-0.39, 0.29) is 17.9 Å². The minimum absolute atomic E-state index is 0.00949. The van der Waals surface area contributed by atoms with E-state index >= 15 is 0 Å². The van der Waals surface area contributed by atoms with Gasteiger partial charge in [-0.25, -0.2) is 4.98 Å². The number of carbonyl (C=O) groups is 2. The predicted molar refractivity (Wildman–Crippen MR) is 101 cm³/mol. The lowest BCUT2D eigenvalue weighted by Gasteiger charge is -2.33. The molecular formula is C20H23N5O2. The van der Waals surface area contributed by atoms with Crippen LogP contribution in [-0.4, -0.2) is 52.4 Å². The lowest BCUT2D eigenvalue weighted by molar-refractivity contribution is -0.122. The highest BCUT2D eigenvalue weighted by Gasteiger charge is 2.27. The molecule has 4 rings (SSSR count). The van der Waals surface area contributed by atoms with Crippen molar-refractivity contribution in [3.63, 3.8) is 0 Å². The summed E-state index contributed by atoms with van der Waals surface area (Å²) in [4.78, 5) is 37.1. The molecule has 0 aliphatic carbocycles. The van der Waals surface area contributed by atoms with E-state index in [0.717, 1.165) is 42.9 Å². The summed E-state index contributed by atoms with van der Waals surface area (Å²) in [5.41, 5.74) is 1.79. The van der Waals surface area contributed by atoms with Crippen molar-refractivity contribution in [1.82, 2.24) is 20.2 Å². The van der Waals surface area contributed by atoms with Gasteiger partial charge in [-0.15, -0.1) is 0 Å². The first kappa shape index (κ1) is 17.5. The van der Waals surface area contributed by atoms with Gasteiger partial charge < -0.3 is 15.1 Å². The second kappa shape index (κ2) is 7.73. The molecule has 1 aromatic heterocycles. The zero-order chi connectivity index (χ0) is 18.6. The van der Waals surface area contributed by atoms with Crippen LogP contribution in [-0.2, 0) is 11.3 Å². The summed E-state index contributed by atoms with van der Waals surface area (Å²) in [5, 5.41) is 3.11. The Kier molecular flexibility index (Phi) is 5.00. The molecule has 1 saturated heterocycles. The van der Waals surface area contributed by atoms with Crippen LogP contribution in [0.25, 0.3) is 0 Å². The molecule has 1 N–H and O–H groups in total. The predicted octanol–water partition coefficient (Wildman–Crippen LogP) is 1.61. The van der Waals surface area contributed by atoms with E-state index in [4.69, 9.17) is 0 Å². The number of carbonyl (C=O) groups excluding carboxylic acids is 2. The average molecular weight is 365 g/mol. The lowest BCUT2D eigenvalue weighted by atomic mass is 10.1. The Morgan fingerprint density at radius 3 is 2.96 bits per heavy atom. The number of amides is 2. The summed E-state index contributed by atoms with van der Waals surface area (Å²) >= 11 is 0. The summed E-state index contributed by atoms with van der Waals surface area (Å²) < 4.78 is 0. The molecule has 1 atom stereocenters. The van der Waals surface area contributed by atoms with Crippen LogP contribution < -0.4 is 10.2 Å². The third-order valence-electron chi connectivity index (χ3n) is 5.17. The standard InChI is InChI=1S/C20H23N5O2/c26-19(7-11-25-13-15-4-1-2-6-17(15)20(25)27)23-16-5-3-10-24(14-16)18-12-21-8-9-22-18/h1-2,4,6,8-9,12,16H,3,5,7,10-11,13-14H2,(H,23,26)/t16-/m0/s1. The average Bonchev–Trinajstić information content (AvgIpc) is 3.03. The fourth-order valence-electron chi connectivity index (χ4n) is 3.79. The van der Waals surface area contributed by atoms with E-state index in [1.54, 1.807) is 23.5 Å². The van der Waals surface area contributed by atoms with Gasteiger partial charge in [0, 0.05) is 56.6 Å². The molecule has 2 aliphatic rings. The third kappa shape index (κ3) is 3.92. The van der Waals surface area contributed by atoms with Crippen molar-refractivity contribution in [2.45, 2.75) is 31.8 Å². The molecule has 7 heteroatoms. The van der Waals surface area contributed by atoms with Gasteiger partial charge in [0.25, 0.3) is 5.91 Å². The molecule has 140 valence electrons. The Bertz CT molecular complexity index is 826. The number of nitrogens with zero attached hydrogens (tertiary/aromatic N) is 4. The van der Waals surface area contributed by atoms with Gasteiger partial charge in [-0.3, -0.25) is 14.6 Å². The number of rotatable bonds is 5. The monoisotopic (exact) mass is 365 g/mol. The molecule has 2 aliphatic heterocycles. The Labute approximate surface area is 158 Å². The SMILES string of the molecule is O=C(CCN1Cc2ccccc2C1=O)N[C@H]1CCCN(c2cnccn2)C1. The van der Waals surface area contributed by atoms with Crippen molar-refractivity contribution >= 4 is 17.6 Å². The molecule has 27 heavy (non-hydrogen) atoms. The summed E-state index contributed by atoms with van der Waals surface area (Å²) in [5.74, 6) is 0.853. The van der Waals surface area contributed by atoms with Gasteiger partial charge in [-0.2, -0.15) is 0 Å². The highest BCUT2D eigenvalue weighted by atomic mass is 16.2. The first-order valence-corrected chi connectivity index (χ1v) is 9.38. The molecular weight excluding hydrogens is 342 g/mol. The summed E-state index contributed by atoms with van der Waals surface area (Å²) in [6, 6.07) is 7.73. The number of nitrogens with one attached hydrogen (secondary N) is 1. The largest absolute Gasteiger partial charge is 0.353 e. The Balaban J connectivity index is 1.27. The number of aromatic nitrogens is 2. The molecule has 1 fully saturated rings.